The van der Waals surface area contributed by atoms with Crippen LogP contribution in [0.5, 0.6) is 0 Å². The van der Waals surface area contributed by atoms with Crippen LogP contribution in [0.4, 0.5) is 4.79 Å². The van der Waals surface area contributed by atoms with Crippen molar-refractivity contribution in [2.45, 2.75) is 77.2 Å². The average molecular weight is 719 g/mol. The highest BCUT2D eigenvalue weighted by molar-refractivity contribution is 7.98. The lowest BCUT2D eigenvalue weighted by Crippen LogP contribution is -2.58. The first-order valence-corrected chi connectivity index (χ1v) is 18.6. The Hall–Kier alpha value is -4.84. The molecule has 0 heterocycles. The molecule has 0 saturated heterocycles. The molecular formula is C39H50N4O7S. The topological polar surface area (TPSA) is 152 Å². The van der Waals surface area contributed by atoms with Crippen LogP contribution in [-0.4, -0.2) is 72.6 Å². The van der Waals surface area contributed by atoms with Crippen LogP contribution in [0.15, 0.2) is 91.0 Å². The number of carbonyl (C=O) groups is 5. The first-order valence-electron chi connectivity index (χ1n) is 17.2. The van der Waals surface area contributed by atoms with Crippen molar-refractivity contribution in [3.63, 3.8) is 0 Å². The SMILES string of the molecule is CCOC(=O)[C@H](Cc1ccccc1)NC(=O)[C@H](CCSC)NC(=O)[C@H](CC(C)C)NC(=O)[C@H](Cc1ccccc1)NC(=O)OCc1ccccc1. The van der Waals surface area contributed by atoms with Gasteiger partial charge in [-0.1, -0.05) is 105 Å². The number of hydrogen-bond acceptors (Lipinski definition) is 8. The fourth-order valence-electron chi connectivity index (χ4n) is 5.28. The van der Waals surface area contributed by atoms with Gasteiger partial charge in [0.15, 0.2) is 0 Å². The van der Waals surface area contributed by atoms with E-state index in [-0.39, 0.29) is 44.8 Å². The van der Waals surface area contributed by atoms with E-state index in [0.717, 1.165) is 16.7 Å². The lowest BCUT2D eigenvalue weighted by molar-refractivity contribution is -0.147. The molecule has 0 aliphatic heterocycles. The first kappa shape index (κ1) is 40.6. The largest absolute Gasteiger partial charge is 0.464 e. The summed E-state index contributed by atoms with van der Waals surface area (Å²) < 4.78 is 10.6. The lowest BCUT2D eigenvalue weighted by atomic mass is 10.0. The van der Waals surface area contributed by atoms with Gasteiger partial charge in [-0.25, -0.2) is 9.59 Å². The van der Waals surface area contributed by atoms with Gasteiger partial charge in [-0.3, -0.25) is 14.4 Å². The van der Waals surface area contributed by atoms with Gasteiger partial charge in [0.1, 0.15) is 30.8 Å². The number of alkyl carbamates (subject to hydrolysis) is 1. The molecule has 0 aliphatic carbocycles. The van der Waals surface area contributed by atoms with Gasteiger partial charge in [0.05, 0.1) is 6.61 Å². The molecule has 274 valence electrons. The number of thioether (sulfide) groups is 1. The number of nitrogens with one attached hydrogen (secondary N) is 4. The summed E-state index contributed by atoms with van der Waals surface area (Å²) in [5, 5.41) is 11.1. The third kappa shape index (κ3) is 14.9. The number of carbonyl (C=O) groups excluding carboxylic acids is 5. The Morgan fingerprint density at radius 2 is 1.08 bits per heavy atom. The van der Waals surface area contributed by atoms with E-state index in [9.17, 15) is 24.0 Å². The quantitative estimate of drug-likeness (QED) is 0.124. The van der Waals surface area contributed by atoms with E-state index in [4.69, 9.17) is 9.47 Å². The Morgan fingerprint density at radius 3 is 1.61 bits per heavy atom. The third-order valence-corrected chi connectivity index (χ3v) is 8.50. The zero-order valence-electron chi connectivity index (χ0n) is 29.8. The van der Waals surface area contributed by atoms with E-state index < -0.39 is 54.0 Å². The van der Waals surface area contributed by atoms with Crippen molar-refractivity contribution in [3.05, 3.63) is 108 Å². The minimum atomic E-state index is -1.06. The summed E-state index contributed by atoms with van der Waals surface area (Å²) in [7, 11) is 0. The summed E-state index contributed by atoms with van der Waals surface area (Å²) >= 11 is 1.51. The van der Waals surface area contributed by atoms with Crippen LogP contribution in [-0.2, 0) is 48.1 Å². The number of esters is 1. The molecule has 0 saturated carbocycles. The Balaban J connectivity index is 1.76. The van der Waals surface area contributed by atoms with Crippen LogP contribution in [0.1, 0.15) is 50.3 Å². The number of rotatable bonds is 20. The van der Waals surface area contributed by atoms with Crippen LogP contribution < -0.4 is 21.3 Å². The van der Waals surface area contributed by atoms with E-state index in [0.29, 0.717) is 5.75 Å². The molecule has 3 aromatic carbocycles. The lowest BCUT2D eigenvalue weighted by Gasteiger charge is -2.27. The third-order valence-electron chi connectivity index (χ3n) is 7.86. The smallest absolute Gasteiger partial charge is 0.408 e. The van der Waals surface area contributed by atoms with Crippen molar-refractivity contribution in [2.75, 3.05) is 18.6 Å². The minimum Gasteiger partial charge on any atom is -0.464 e. The highest BCUT2D eigenvalue weighted by atomic mass is 32.2. The summed E-state index contributed by atoms with van der Waals surface area (Å²) in [5.41, 5.74) is 2.42. The Kier molecular flexibility index (Phi) is 17.6. The summed E-state index contributed by atoms with van der Waals surface area (Å²) in [5.74, 6) is -1.70. The molecule has 4 N–H and O–H groups in total. The number of ether oxygens (including phenoxy) is 2. The average Bonchev–Trinajstić information content (AvgIpc) is 3.12. The van der Waals surface area contributed by atoms with Gasteiger partial charge in [-0.2, -0.15) is 11.8 Å². The molecule has 0 spiro atoms. The second-order valence-electron chi connectivity index (χ2n) is 12.5. The molecule has 0 fully saturated rings. The highest BCUT2D eigenvalue weighted by Gasteiger charge is 2.32. The molecule has 0 unspecified atom stereocenters. The molecule has 3 rings (SSSR count). The van der Waals surface area contributed by atoms with Crippen LogP contribution in [0.3, 0.4) is 0 Å². The van der Waals surface area contributed by atoms with E-state index in [1.54, 1.807) is 6.92 Å². The zero-order valence-corrected chi connectivity index (χ0v) is 30.6. The molecule has 4 amide bonds. The van der Waals surface area contributed by atoms with Crippen molar-refractivity contribution < 1.29 is 33.4 Å². The van der Waals surface area contributed by atoms with Crippen molar-refractivity contribution in [1.29, 1.82) is 0 Å². The standard InChI is InChI=1S/C39H50N4O7S/c1-5-49-38(47)34(25-29-17-11-7-12-18-29)42-35(44)31(21-22-51-4)40-36(45)32(23-27(2)3)41-37(46)33(24-28-15-9-6-10-16-28)43-39(48)50-26-30-19-13-8-14-20-30/h6-20,27,31-34H,5,21-26H2,1-4H3,(H,40,45)(H,41,46)(H,42,44)(H,43,48)/t31-,32-,33-,34-/m0/s1. The molecular weight excluding hydrogens is 669 g/mol. The minimum absolute atomic E-state index is 0.00467. The summed E-state index contributed by atoms with van der Waals surface area (Å²) in [6.07, 6.45) is 2.03. The highest BCUT2D eigenvalue weighted by Crippen LogP contribution is 2.12. The summed E-state index contributed by atoms with van der Waals surface area (Å²) in [6, 6.07) is 23.6. The molecule has 51 heavy (non-hydrogen) atoms. The van der Waals surface area contributed by atoms with Crippen molar-refractivity contribution in [1.82, 2.24) is 21.3 Å². The molecule has 12 heteroatoms. The van der Waals surface area contributed by atoms with Gasteiger partial charge in [-0.15, -0.1) is 0 Å². The van der Waals surface area contributed by atoms with Crippen LogP contribution in [0.2, 0.25) is 0 Å². The fraction of sp³-hybridized carbons (Fsp3) is 0.410. The molecule has 0 radical (unpaired) electrons. The molecule has 0 aromatic heterocycles. The fourth-order valence-corrected chi connectivity index (χ4v) is 5.75. The Labute approximate surface area is 305 Å². The molecule has 3 aromatic rings. The number of amides is 4. The van der Waals surface area contributed by atoms with Gasteiger partial charge in [0.25, 0.3) is 0 Å². The predicted molar refractivity (Wildman–Crippen MR) is 199 cm³/mol. The second-order valence-corrected chi connectivity index (χ2v) is 13.5. The summed E-state index contributed by atoms with van der Waals surface area (Å²) in [4.78, 5) is 67.0. The first-order chi connectivity index (χ1) is 24.6. The van der Waals surface area contributed by atoms with Gasteiger partial charge < -0.3 is 30.7 Å². The molecule has 0 aliphatic rings. The Morgan fingerprint density at radius 1 is 0.608 bits per heavy atom. The molecule has 0 bridgehead atoms. The Bertz CT molecular complexity index is 1530. The maximum Gasteiger partial charge on any atom is 0.408 e. The van der Waals surface area contributed by atoms with Crippen LogP contribution in [0.25, 0.3) is 0 Å². The van der Waals surface area contributed by atoms with Gasteiger partial charge in [0.2, 0.25) is 17.7 Å². The van der Waals surface area contributed by atoms with E-state index in [1.807, 2.05) is 111 Å². The second kappa shape index (κ2) is 22.1. The van der Waals surface area contributed by atoms with E-state index >= 15 is 0 Å². The number of benzene rings is 3. The van der Waals surface area contributed by atoms with Crippen LogP contribution >= 0.6 is 11.8 Å². The predicted octanol–water partition coefficient (Wildman–Crippen LogP) is 4.58. The normalized spacial score (nSPS) is 13.2. The van der Waals surface area contributed by atoms with Crippen molar-refractivity contribution in [2.24, 2.45) is 5.92 Å². The maximum atomic E-state index is 13.9. The van der Waals surface area contributed by atoms with Crippen LogP contribution in [0, 0.1) is 5.92 Å². The summed E-state index contributed by atoms with van der Waals surface area (Å²) in [6.45, 7) is 5.69. The van der Waals surface area contributed by atoms with Crippen molar-refractivity contribution >= 4 is 41.5 Å². The maximum absolute atomic E-state index is 13.9. The van der Waals surface area contributed by atoms with Gasteiger partial charge >= 0.3 is 12.1 Å². The number of hydrogen-bond donors (Lipinski definition) is 4. The van der Waals surface area contributed by atoms with Crippen molar-refractivity contribution in [3.8, 4) is 0 Å². The van der Waals surface area contributed by atoms with E-state index in [1.165, 1.54) is 11.8 Å². The van der Waals surface area contributed by atoms with Gasteiger partial charge in [0, 0.05) is 12.8 Å². The zero-order chi connectivity index (χ0) is 37.0. The molecule has 4 atom stereocenters. The monoisotopic (exact) mass is 718 g/mol. The van der Waals surface area contributed by atoms with Gasteiger partial charge in [-0.05, 0) is 54.4 Å². The molecule has 11 nitrogen and oxygen atoms in total. The van der Waals surface area contributed by atoms with E-state index in [2.05, 4.69) is 21.3 Å².